The van der Waals surface area contributed by atoms with Crippen LogP contribution in [0.1, 0.15) is 21.5 Å². The number of hydrogen-bond donors (Lipinski definition) is 4. The monoisotopic (exact) mass is 273 g/mol. The van der Waals surface area contributed by atoms with Crippen molar-refractivity contribution in [1.29, 1.82) is 0 Å². The predicted molar refractivity (Wildman–Crippen MR) is 73.8 cm³/mol. The van der Waals surface area contributed by atoms with Gasteiger partial charge in [0.2, 0.25) is 0 Å². The quantitative estimate of drug-likeness (QED) is 0.689. The van der Waals surface area contributed by atoms with Gasteiger partial charge in [0.25, 0.3) is 5.91 Å². The molecule has 20 heavy (non-hydrogen) atoms. The molecule has 2 aromatic rings. The van der Waals surface area contributed by atoms with Gasteiger partial charge in [0.15, 0.2) is 0 Å². The minimum Gasteiger partial charge on any atom is -0.508 e. The van der Waals surface area contributed by atoms with Gasteiger partial charge >= 0.3 is 0 Å². The van der Waals surface area contributed by atoms with Gasteiger partial charge in [-0.25, -0.2) is 0 Å². The Balaban J connectivity index is 2.11. The zero-order chi connectivity index (χ0) is 14.7. The fourth-order valence-corrected chi connectivity index (χ4v) is 1.81. The average molecular weight is 273 g/mol. The van der Waals surface area contributed by atoms with Crippen LogP contribution in [-0.2, 0) is 6.54 Å². The van der Waals surface area contributed by atoms with Crippen molar-refractivity contribution in [2.75, 3.05) is 0 Å². The van der Waals surface area contributed by atoms with Crippen LogP contribution in [0.2, 0.25) is 0 Å². The first-order chi connectivity index (χ1) is 9.47. The number of nitrogens with one attached hydrogen (secondary N) is 1. The minimum atomic E-state index is -0.611. The number of carbonyl (C=O) groups is 1. The largest absolute Gasteiger partial charge is 0.508 e. The van der Waals surface area contributed by atoms with Gasteiger partial charge in [0, 0.05) is 18.7 Å². The van der Waals surface area contributed by atoms with Crippen LogP contribution < -0.4 is 5.32 Å². The Hall–Kier alpha value is -2.69. The third-order valence-corrected chi connectivity index (χ3v) is 2.88. The molecule has 0 saturated carbocycles. The lowest BCUT2D eigenvalue weighted by Crippen LogP contribution is -2.23. The second kappa shape index (κ2) is 5.52. The van der Waals surface area contributed by atoms with Gasteiger partial charge in [-0.05, 0) is 12.5 Å². The summed E-state index contributed by atoms with van der Waals surface area (Å²) in [6.07, 6.45) is 0. The first kappa shape index (κ1) is 13.7. The summed E-state index contributed by atoms with van der Waals surface area (Å²) in [7, 11) is 0. The average Bonchev–Trinajstić information content (AvgIpc) is 2.37. The van der Waals surface area contributed by atoms with Gasteiger partial charge in [0.1, 0.15) is 22.8 Å². The molecule has 0 unspecified atom stereocenters. The van der Waals surface area contributed by atoms with E-state index in [1.165, 1.54) is 0 Å². The van der Waals surface area contributed by atoms with Crippen molar-refractivity contribution in [2.24, 2.45) is 0 Å². The van der Waals surface area contributed by atoms with Crippen LogP contribution in [0.4, 0.5) is 0 Å². The molecule has 2 rings (SSSR count). The number of phenols is 3. The molecular formula is C15H15NO4. The molecule has 0 saturated heterocycles. The van der Waals surface area contributed by atoms with Crippen LogP contribution >= 0.6 is 0 Å². The van der Waals surface area contributed by atoms with E-state index < -0.39 is 17.4 Å². The lowest BCUT2D eigenvalue weighted by Gasteiger charge is -2.09. The lowest BCUT2D eigenvalue weighted by atomic mass is 10.1. The number of benzene rings is 2. The van der Waals surface area contributed by atoms with E-state index in [1.54, 1.807) is 0 Å². The fraction of sp³-hybridized carbons (Fsp3) is 0.133. The molecular weight excluding hydrogens is 258 g/mol. The highest BCUT2D eigenvalue weighted by Crippen LogP contribution is 2.31. The molecule has 1 amide bonds. The molecule has 0 heterocycles. The van der Waals surface area contributed by atoms with Gasteiger partial charge in [-0.15, -0.1) is 0 Å². The maximum Gasteiger partial charge on any atom is 0.259 e. The van der Waals surface area contributed by atoms with Crippen molar-refractivity contribution < 1.29 is 20.1 Å². The summed E-state index contributed by atoms with van der Waals surface area (Å²) in [6.45, 7) is 2.24. The summed E-state index contributed by atoms with van der Waals surface area (Å²) in [5.41, 5.74) is 1.77. The normalized spacial score (nSPS) is 10.2. The van der Waals surface area contributed by atoms with E-state index in [9.17, 15) is 20.1 Å². The molecule has 0 bridgehead atoms. The zero-order valence-electron chi connectivity index (χ0n) is 10.9. The van der Waals surface area contributed by atoms with E-state index >= 15 is 0 Å². The van der Waals surface area contributed by atoms with E-state index in [0.29, 0.717) is 0 Å². The Morgan fingerprint density at radius 1 is 1.05 bits per heavy atom. The number of rotatable bonds is 3. The summed E-state index contributed by atoms with van der Waals surface area (Å²) in [5.74, 6) is -1.86. The highest BCUT2D eigenvalue weighted by atomic mass is 16.3. The molecule has 0 spiro atoms. The number of hydrogen-bond acceptors (Lipinski definition) is 4. The number of aromatic hydroxyl groups is 3. The molecule has 0 aliphatic heterocycles. The van der Waals surface area contributed by atoms with E-state index in [2.05, 4.69) is 5.32 Å². The topological polar surface area (TPSA) is 89.8 Å². The summed E-state index contributed by atoms with van der Waals surface area (Å²) < 4.78 is 0. The van der Waals surface area contributed by atoms with Crippen LogP contribution in [0.3, 0.4) is 0 Å². The van der Waals surface area contributed by atoms with Crippen LogP contribution in [0.5, 0.6) is 17.2 Å². The van der Waals surface area contributed by atoms with E-state index in [-0.39, 0.29) is 17.9 Å². The van der Waals surface area contributed by atoms with Crippen molar-refractivity contribution in [3.8, 4) is 17.2 Å². The molecule has 0 radical (unpaired) electrons. The van der Waals surface area contributed by atoms with Crippen LogP contribution in [-0.4, -0.2) is 21.2 Å². The van der Waals surface area contributed by atoms with Crippen LogP contribution in [0, 0.1) is 6.92 Å². The van der Waals surface area contributed by atoms with Gasteiger partial charge in [-0.3, -0.25) is 4.79 Å². The number of aryl methyl sites for hydroxylation is 1. The molecule has 0 atom stereocenters. The maximum atomic E-state index is 11.9. The Kier molecular flexibility index (Phi) is 3.79. The first-order valence-electron chi connectivity index (χ1n) is 6.06. The summed E-state index contributed by atoms with van der Waals surface area (Å²) >= 11 is 0. The van der Waals surface area contributed by atoms with Gasteiger partial charge in [-0.2, -0.15) is 0 Å². The highest BCUT2D eigenvalue weighted by molar-refractivity contribution is 5.99. The minimum absolute atomic E-state index is 0.255. The van der Waals surface area contributed by atoms with Crippen molar-refractivity contribution in [3.05, 3.63) is 53.1 Å². The second-order valence-electron chi connectivity index (χ2n) is 4.53. The van der Waals surface area contributed by atoms with Gasteiger partial charge < -0.3 is 20.6 Å². The third kappa shape index (κ3) is 3.00. The standard InChI is InChI=1S/C15H15NO4/c1-9-2-4-10(5-3-9)8-16-15(20)14-12(18)6-11(17)7-13(14)19/h2-7,17-19H,8H2,1H3,(H,16,20). The Morgan fingerprint density at radius 2 is 1.60 bits per heavy atom. The van der Waals surface area contributed by atoms with Gasteiger partial charge in [0.05, 0.1) is 0 Å². The van der Waals surface area contributed by atoms with Crippen LogP contribution in [0.25, 0.3) is 0 Å². The molecule has 2 aromatic carbocycles. The molecule has 104 valence electrons. The summed E-state index contributed by atoms with van der Waals surface area (Å²) in [6, 6.07) is 9.62. The van der Waals surface area contributed by atoms with E-state index in [1.807, 2.05) is 31.2 Å². The molecule has 5 heteroatoms. The molecule has 0 aliphatic rings. The fourth-order valence-electron chi connectivity index (χ4n) is 1.81. The number of amides is 1. The predicted octanol–water partition coefficient (Wildman–Crippen LogP) is 2.04. The van der Waals surface area contributed by atoms with Crippen LogP contribution in [0.15, 0.2) is 36.4 Å². The Bertz CT molecular complexity index is 612. The number of carbonyl (C=O) groups excluding carboxylic acids is 1. The van der Waals surface area contributed by atoms with E-state index in [4.69, 9.17) is 0 Å². The zero-order valence-corrected chi connectivity index (χ0v) is 10.9. The third-order valence-electron chi connectivity index (χ3n) is 2.88. The molecule has 5 nitrogen and oxygen atoms in total. The second-order valence-corrected chi connectivity index (χ2v) is 4.53. The Labute approximate surface area is 116 Å². The smallest absolute Gasteiger partial charge is 0.259 e. The van der Waals surface area contributed by atoms with Crippen molar-refractivity contribution >= 4 is 5.91 Å². The molecule has 0 aromatic heterocycles. The van der Waals surface area contributed by atoms with Crippen molar-refractivity contribution in [2.45, 2.75) is 13.5 Å². The molecule has 4 N–H and O–H groups in total. The highest BCUT2D eigenvalue weighted by Gasteiger charge is 2.17. The SMILES string of the molecule is Cc1ccc(CNC(=O)c2c(O)cc(O)cc2O)cc1. The Morgan fingerprint density at radius 3 is 2.15 bits per heavy atom. The molecule has 0 aliphatic carbocycles. The van der Waals surface area contributed by atoms with Crippen molar-refractivity contribution in [3.63, 3.8) is 0 Å². The van der Waals surface area contributed by atoms with E-state index in [0.717, 1.165) is 23.3 Å². The summed E-state index contributed by atoms with van der Waals surface area (Å²) in [5, 5.41) is 31.0. The van der Waals surface area contributed by atoms with Crippen molar-refractivity contribution in [1.82, 2.24) is 5.32 Å². The first-order valence-corrected chi connectivity index (χ1v) is 6.06. The molecule has 0 fully saturated rings. The summed E-state index contributed by atoms with van der Waals surface area (Å²) in [4.78, 5) is 11.9. The maximum absolute atomic E-state index is 11.9. The van der Waals surface area contributed by atoms with Gasteiger partial charge in [-0.1, -0.05) is 29.8 Å². The number of phenolic OH excluding ortho intramolecular Hbond substituents is 3. The lowest BCUT2D eigenvalue weighted by molar-refractivity contribution is 0.0945.